The Hall–Kier alpha value is -2.56. The minimum atomic E-state index is -3.09. The molecule has 1 aromatic carbocycles. The van der Waals surface area contributed by atoms with Crippen molar-refractivity contribution < 1.29 is 32.6 Å². The quantitative estimate of drug-likeness (QED) is 0.595. The van der Waals surface area contributed by atoms with Gasteiger partial charge in [-0.05, 0) is 12.1 Å². The second kappa shape index (κ2) is 7.81. The zero-order valence-corrected chi connectivity index (χ0v) is 12.6. The Morgan fingerprint density at radius 2 is 2.21 bits per heavy atom. The number of hydrogen-bond donors (Lipinski definition) is 2. The molecule has 7 nitrogen and oxygen atoms in total. The highest BCUT2D eigenvalue weighted by Crippen LogP contribution is 2.22. The SMILES string of the molecule is O=C(O)CC1SC(=NN=Cc2cc(F)cc(OC(F)F)c2)NC1=O. The van der Waals surface area contributed by atoms with E-state index in [2.05, 4.69) is 20.3 Å². The molecule has 0 aromatic heterocycles. The minimum absolute atomic E-state index is 0.0861. The lowest BCUT2D eigenvalue weighted by Gasteiger charge is -2.04. The molecule has 2 N–H and O–H groups in total. The van der Waals surface area contributed by atoms with Crippen molar-refractivity contribution in [3.8, 4) is 5.75 Å². The highest BCUT2D eigenvalue weighted by molar-refractivity contribution is 8.15. The van der Waals surface area contributed by atoms with E-state index in [0.717, 1.165) is 36.2 Å². The lowest BCUT2D eigenvalue weighted by molar-refractivity contribution is -0.138. The van der Waals surface area contributed by atoms with Gasteiger partial charge in [-0.3, -0.25) is 9.59 Å². The molecule has 1 amide bonds. The topological polar surface area (TPSA) is 100 Å². The maximum atomic E-state index is 13.3. The third-order valence-electron chi connectivity index (χ3n) is 2.61. The van der Waals surface area contributed by atoms with Gasteiger partial charge in [0, 0.05) is 11.6 Å². The molecule has 1 unspecified atom stereocenters. The van der Waals surface area contributed by atoms with Gasteiger partial charge in [0.15, 0.2) is 5.17 Å². The number of carboxylic acids is 1. The van der Waals surface area contributed by atoms with Crippen LogP contribution >= 0.6 is 11.8 Å². The molecule has 1 fully saturated rings. The monoisotopic (exact) mass is 361 g/mol. The van der Waals surface area contributed by atoms with Crippen molar-refractivity contribution in [1.82, 2.24) is 5.32 Å². The van der Waals surface area contributed by atoms with Crippen LogP contribution in [-0.2, 0) is 9.59 Å². The Bertz CT molecular complexity index is 712. The molecular formula is C13H10F3N3O4S. The number of amides is 1. The van der Waals surface area contributed by atoms with Crippen molar-refractivity contribution in [3.05, 3.63) is 29.6 Å². The molecule has 0 bridgehead atoms. The largest absolute Gasteiger partial charge is 0.481 e. The Kier molecular flexibility index (Phi) is 5.79. The van der Waals surface area contributed by atoms with Crippen molar-refractivity contribution >= 4 is 35.0 Å². The number of nitrogens with zero attached hydrogens (tertiary/aromatic N) is 2. The first-order valence-electron chi connectivity index (χ1n) is 6.39. The number of thioether (sulfide) groups is 1. The number of nitrogens with one attached hydrogen (secondary N) is 1. The van der Waals surface area contributed by atoms with E-state index in [4.69, 9.17) is 5.11 Å². The highest BCUT2D eigenvalue weighted by Gasteiger charge is 2.32. The van der Waals surface area contributed by atoms with Gasteiger partial charge < -0.3 is 15.2 Å². The molecule has 11 heteroatoms. The fourth-order valence-corrected chi connectivity index (χ4v) is 2.64. The first kappa shape index (κ1) is 17.8. The van der Waals surface area contributed by atoms with Crippen LogP contribution in [0.4, 0.5) is 13.2 Å². The third kappa shape index (κ3) is 5.26. The first-order chi connectivity index (χ1) is 11.3. The van der Waals surface area contributed by atoms with E-state index in [1.165, 1.54) is 0 Å². The summed E-state index contributed by atoms with van der Waals surface area (Å²) in [5.41, 5.74) is 0.117. The molecule has 2 rings (SSSR count). The summed E-state index contributed by atoms with van der Waals surface area (Å²) in [6.07, 6.45) is 0.711. The Morgan fingerprint density at radius 3 is 2.88 bits per heavy atom. The average molecular weight is 361 g/mol. The van der Waals surface area contributed by atoms with E-state index >= 15 is 0 Å². The summed E-state index contributed by atoms with van der Waals surface area (Å²) in [5.74, 6) is -2.80. The van der Waals surface area contributed by atoms with Crippen LogP contribution in [0.15, 0.2) is 28.4 Å². The van der Waals surface area contributed by atoms with Gasteiger partial charge in [-0.15, -0.1) is 5.10 Å². The first-order valence-corrected chi connectivity index (χ1v) is 7.27. The van der Waals surface area contributed by atoms with Gasteiger partial charge in [0.25, 0.3) is 0 Å². The van der Waals surface area contributed by atoms with E-state index in [1.54, 1.807) is 0 Å². The number of ether oxygens (including phenoxy) is 1. The summed E-state index contributed by atoms with van der Waals surface area (Å²) in [5, 5.41) is 17.5. The van der Waals surface area contributed by atoms with Crippen molar-refractivity contribution in [2.75, 3.05) is 0 Å². The number of amidine groups is 1. The number of carboxylic acid groups (broad SMARTS) is 1. The lowest BCUT2D eigenvalue weighted by Crippen LogP contribution is -2.26. The van der Waals surface area contributed by atoms with Gasteiger partial charge in [0.2, 0.25) is 5.91 Å². The summed E-state index contributed by atoms with van der Waals surface area (Å²) in [6, 6.07) is 2.95. The zero-order chi connectivity index (χ0) is 17.7. The summed E-state index contributed by atoms with van der Waals surface area (Å²) < 4.78 is 41.6. The average Bonchev–Trinajstić information content (AvgIpc) is 2.77. The smallest absolute Gasteiger partial charge is 0.387 e. The minimum Gasteiger partial charge on any atom is -0.481 e. The van der Waals surface area contributed by atoms with Gasteiger partial charge in [0.05, 0.1) is 12.6 Å². The molecule has 1 aliphatic heterocycles. The Labute approximate surface area is 137 Å². The van der Waals surface area contributed by atoms with Crippen molar-refractivity contribution in [1.29, 1.82) is 0 Å². The maximum absolute atomic E-state index is 13.3. The summed E-state index contributed by atoms with van der Waals surface area (Å²) in [6.45, 7) is -3.09. The highest BCUT2D eigenvalue weighted by atomic mass is 32.2. The second-order valence-corrected chi connectivity index (χ2v) is 5.63. The molecule has 24 heavy (non-hydrogen) atoms. The normalized spacial score (nSPS) is 19.2. The maximum Gasteiger partial charge on any atom is 0.387 e. The van der Waals surface area contributed by atoms with Crippen molar-refractivity contribution in [2.24, 2.45) is 10.2 Å². The molecule has 1 atom stereocenters. The third-order valence-corrected chi connectivity index (χ3v) is 3.68. The molecule has 1 saturated heterocycles. The fraction of sp³-hybridized carbons (Fsp3) is 0.231. The molecular weight excluding hydrogens is 351 g/mol. The van der Waals surface area contributed by atoms with E-state index < -0.39 is 29.6 Å². The zero-order valence-electron chi connectivity index (χ0n) is 11.8. The summed E-state index contributed by atoms with van der Waals surface area (Å²) in [7, 11) is 0. The molecule has 128 valence electrons. The van der Waals surface area contributed by atoms with Crippen LogP contribution in [-0.4, -0.2) is 40.2 Å². The lowest BCUT2D eigenvalue weighted by atomic mass is 10.2. The Morgan fingerprint density at radius 1 is 1.46 bits per heavy atom. The Balaban J connectivity index is 2.05. The molecule has 0 saturated carbocycles. The van der Waals surface area contributed by atoms with Gasteiger partial charge in [-0.1, -0.05) is 11.8 Å². The van der Waals surface area contributed by atoms with E-state index in [9.17, 15) is 22.8 Å². The van der Waals surface area contributed by atoms with Crippen LogP contribution in [0.3, 0.4) is 0 Å². The number of hydrogen-bond acceptors (Lipinski definition) is 6. The predicted octanol–water partition coefficient (Wildman–Crippen LogP) is 1.82. The number of carbonyl (C=O) groups is 2. The number of halogens is 3. The number of benzene rings is 1. The molecule has 0 spiro atoms. The van der Waals surface area contributed by atoms with Crippen LogP contribution in [0.1, 0.15) is 12.0 Å². The van der Waals surface area contributed by atoms with Gasteiger partial charge in [0.1, 0.15) is 16.8 Å². The van der Waals surface area contributed by atoms with Crippen molar-refractivity contribution in [2.45, 2.75) is 18.3 Å². The van der Waals surface area contributed by atoms with Crippen LogP contribution < -0.4 is 10.1 Å². The van der Waals surface area contributed by atoms with Crippen molar-refractivity contribution in [3.63, 3.8) is 0 Å². The number of aliphatic carboxylic acids is 1. The molecule has 0 aliphatic carbocycles. The van der Waals surface area contributed by atoms with Gasteiger partial charge >= 0.3 is 12.6 Å². The molecule has 1 aromatic rings. The van der Waals surface area contributed by atoms with Gasteiger partial charge in [-0.25, -0.2) is 4.39 Å². The number of alkyl halides is 2. The molecule has 0 radical (unpaired) electrons. The summed E-state index contributed by atoms with van der Waals surface area (Å²) >= 11 is 0.894. The van der Waals surface area contributed by atoms with Crippen LogP contribution in [0.2, 0.25) is 0 Å². The predicted molar refractivity (Wildman–Crippen MR) is 79.8 cm³/mol. The fourth-order valence-electron chi connectivity index (χ4n) is 1.72. The van der Waals surface area contributed by atoms with E-state index in [-0.39, 0.29) is 22.9 Å². The molecule has 1 aliphatic rings. The van der Waals surface area contributed by atoms with Gasteiger partial charge in [-0.2, -0.15) is 13.9 Å². The van der Waals surface area contributed by atoms with E-state index in [1.807, 2.05) is 0 Å². The van der Waals surface area contributed by atoms with Crippen LogP contribution in [0.25, 0.3) is 0 Å². The van der Waals surface area contributed by atoms with Crippen LogP contribution in [0.5, 0.6) is 5.75 Å². The standard InChI is InChI=1S/C13H10F3N3O4S/c14-7-1-6(2-8(3-7)23-12(15)16)5-17-19-13-18-11(22)9(24-13)4-10(20)21/h1-3,5,9,12H,4H2,(H,20,21)(H,18,19,22). The number of carbonyl (C=O) groups excluding carboxylic acids is 1. The van der Waals surface area contributed by atoms with E-state index in [0.29, 0.717) is 0 Å². The second-order valence-electron chi connectivity index (χ2n) is 4.44. The number of rotatable bonds is 6. The summed E-state index contributed by atoms with van der Waals surface area (Å²) in [4.78, 5) is 22.1. The van der Waals surface area contributed by atoms with Crippen LogP contribution in [0, 0.1) is 5.82 Å². The molecule has 1 heterocycles.